The van der Waals surface area contributed by atoms with Crippen LogP contribution in [0.5, 0.6) is 0 Å². The van der Waals surface area contributed by atoms with E-state index in [0.717, 1.165) is 0 Å². The van der Waals surface area contributed by atoms with Gasteiger partial charge in [-0.15, -0.1) is 19.8 Å². The van der Waals surface area contributed by atoms with E-state index < -0.39 is 6.36 Å². The topological polar surface area (TPSA) is 9.23 Å². The average Bonchev–Trinajstić information content (AvgIpc) is 1.78. The molecule has 0 bridgehead atoms. The van der Waals surface area contributed by atoms with Crippen molar-refractivity contribution in [2.45, 2.75) is 19.2 Å². The zero-order chi connectivity index (χ0) is 8.04. The lowest BCUT2D eigenvalue weighted by Crippen LogP contribution is -2.13. The minimum absolute atomic E-state index is 0.282. The summed E-state index contributed by atoms with van der Waals surface area (Å²) in [6, 6.07) is 0. The molecule has 0 aliphatic carbocycles. The van der Waals surface area contributed by atoms with Crippen LogP contribution in [0.25, 0.3) is 0 Å². The van der Waals surface area contributed by atoms with Gasteiger partial charge in [-0.2, -0.15) is 0 Å². The molecule has 0 heterocycles. The average molecular weight is 154 g/mol. The van der Waals surface area contributed by atoms with Crippen LogP contribution in [0.1, 0.15) is 12.8 Å². The van der Waals surface area contributed by atoms with Crippen LogP contribution in [0.15, 0.2) is 12.7 Å². The Morgan fingerprint density at radius 3 is 2.40 bits per heavy atom. The standard InChI is InChI=1S/C6H9F3O/c1-2-3-4-5-10-6(7,8)9/h2H,1,3-5H2. The molecule has 1 nitrogen and oxygen atoms in total. The number of unbranched alkanes of at least 4 members (excludes halogenated alkanes) is 1. The summed E-state index contributed by atoms with van der Waals surface area (Å²) in [5.74, 6) is 0. The van der Waals surface area contributed by atoms with Gasteiger partial charge in [-0.25, -0.2) is 0 Å². The van der Waals surface area contributed by atoms with Crippen molar-refractivity contribution in [3.63, 3.8) is 0 Å². The summed E-state index contributed by atoms with van der Waals surface area (Å²) in [5.41, 5.74) is 0. The molecule has 0 aliphatic heterocycles. The second-order valence-corrected chi connectivity index (χ2v) is 1.73. The zero-order valence-electron chi connectivity index (χ0n) is 5.45. The predicted molar refractivity (Wildman–Crippen MR) is 31.4 cm³/mol. The molecule has 0 saturated heterocycles. The van der Waals surface area contributed by atoms with Crippen LogP contribution in [-0.4, -0.2) is 13.0 Å². The fourth-order valence-corrected chi connectivity index (χ4v) is 0.416. The molecule has 0 amide bonds. The van der Waals surface area contributed by atoms with Crippen molar-refractivity contribution < 1.29 is 17.9 Å². The highest BCUT2D eigenvalue weighted by Gasteiger charge is 2.28. The van der Waals surface area contributed by atoms with Crippen molar-refractivity contribution in [3.8, 4) is 0 Å². The SMILES string of the molecule is C=CCCCOC(F)(F)F. The Morgan fingerprint density at radius 1 is 1.40 bits per heavy atom. The molecule has 0 aromatic heterocycles. The van der Waals surface area contributed by atoms with E-state index in [4.69, 9.17) is 0 Å². The number of hydrogen-bond donors (Lipinski definition) is 0. The molecule has 0 aromatic carbocycles. The van der Waals surface area contributed by atoms with Crippen molar-refractivity contribution in [1.29, 1.82) is 0 Å². The number of allylic oxidation sites excluding steroid dienone is 1. The third-order valence-corrected chi connectivity index (χ3v) is 0.818. The van der Waals surface area contributed by atoms with Crippen molar-refractivity contribution in [3.05, 3.63) is 12.7 Å². The number of ether oxygens (including phenoxy) is 1. The Kier molecular flexibility index (Phi) is 4.11. The molecule has 0 spiro atoms. The summed E-state index contributed by atoms with van der Waals surface area (Å²) in [6.45, 7) is 3.08. The molecule has 0 rings (SSSR count). The first-order valence-corrected chi connectivity index (χ1v) is 2.88. The summed E-state index contributed by atoms with van der Waals surface area (Å²) < 4.78 is 37.2. The van der Waals surface area contributed by atoms with E-state index in [1.807, 2.05) is 0 Å². The van der Waals surface area contributed by atoms with Crippen LogP contribution < -0.4 is 0 Å². The number of rotatable bonds is 4. The molecule has 60 valence electrons. The smallest absolute Gasteiger partial charge is 0.292 e. The molecule has 0 unspecified atom stereocenters. The quantitative estimate of drug-likeness (QED) is 0.446. The van der Waals surface area contributed by atoms with Crippen molar-refractivity contribution in [1.82, 2.24) is 0 Å². The minimum Gasteiger partial charge on any atom is -0.292 e. The highest BCUT2D eigenvalue weighted by atomic mass is 19.4. The molecule has 0 N–H and O–H groups in total. The van der Waals surface area contributed by atoms with Crippen molar-refractivity contribution in [2.24, 2.45) is 0 Å². The first-order valence-electron chi connectivity index (χ1n) is 2.88. The molecule has 0 fully saturated rings. The lowest BCUT2D eigenvalue weighted by molar-refractivity contribution is -0.324. The molecular formula is C6H9F3O. The molecule has 0 aliphatic rings. The third kappa shape index (κ3) is 7.49. The Balaban J connectivity index is 3.12. The van der Waals surface area contributed by atoms with Gasteiger partial charge in [0, 0.05) is 0 Å². The van der Waals surface area contributed by atoms with Gasteiger partial charge in [0.15, 0.2) is 0 Å². The van der Waals surface area contributed by atoms with Gasteiger partial charge < -0.3 is 0 Å². The number of halogens is 3. The fourth-order valence-electron chi connectivity index (χ4n) is 0.416. The zero-order valence-corrected chi connectivity index (χ0v) is 5.45. The summed E-state index contributed by atoms with van der Waals surface area (Å²) in [4.78, 5) is 0. The van der Waals surface area contributed by atoms with Crippen LogP contribution >= 0.6 is 0 Å². The fraction of sp³-hybridized carbons (Fsp3) is 0.667. The summed E-state index contributed by atoms with van der Waals surface area (Å²) in [7, 11) is 0. The second-order valence-electron chi connectivity index (χ2n) is 1.73. The summed E-state index contributed by atoms with van der Waals surface area (Å²) >= 11 is 0. The maximum atomic E-state index is 11.2. The number of hydrogen-bond acceptors (Lipinski definition) is 1. The van der Waals surface area contributed by atoms with Crippen LogP contribution in [0.4, 0.5) is 13.2 Å². The van der Waals surface area contributed by atoms with Gasteiger partial charge >= 0.3 is 6.36 Å². The molecular weight excluding hydrogens is 145 g/mol. The van der Waals surface area contributed by atoms with E-state index in [9.17, 15) is 13.2 Å². The van der Waals surface area contributed by atoms with Gasteiger partial charge in [-0.3, -0.25) is 4.74 Å². The van der Waals surface area contributed by atoms with Gasteiger partial charge in [0.25, 0.3) is 0 Å². The van der Waals surface area contributed by atoms with Gasteiger partial charge in [0.05, 0.1) is 6.61 Å². The summed E-state index contributed by atoms with van der Waals surface area (Å²) in [6.07, 6.45) is -2.01. The van der Waals surface area contributed by atoms with Crippen LogP contribution in [-0.2, 0) is 4.74 Å². The van der Waals surface area contributed by atoms with Crippen molar-refractivity contribution >= 4 is 0 Å². The Morgan fingerprint density at radius 2 is 2.00 bits per heavy atom. The Bertz CT molecular complexity index is 97.7. The van der Waals surface area contributed by atoms with Gasteiger partial charge in [-0.1, -0.05) is 6.08 Å². The van der Waals surface area contributed by atoms with E-state index in [0.29, 0.717) is 12.8 Å². The predicted octanol–water partition coefficient (Wildman–Crippen LogP) is 2.49. The van der Waals surface area contributed by atoms with Crippen LogP contribution in [0.2, 0.25) is 0 Å². The minimum atomic E-state index is -4.48. The van der Waals surface area contributed by atoms with Gasteiger partial charge in [-0.05, 0) is 12.8 Å². The highest BCUT2D eigenvalue weighted by molar-refractivity contribution is 4.64. The molecule has 4 heteroatoms. The van der Waals surface area contributed by atoms with E-state index in [-0.39, 0.29) is 6.61 Å². The maximum absolute atomic E-state index is 11.2. The monoisotopic (exact) mass is 154 g/mol. The molecule has 0 aromatic rings. The van der Waals surface area contributed by atoms with Gasteiger partial charge in [0.2, 0.25) is 0 Å². The highest BCUT2D eigenvalue weighted by Crippen LogP contribution is 2.16. The lowest BCUT2D eigenvalue weighted by Gasteiger charge is -2.04. The van der Waals surface area contributed by atoms with E-state index in [1.54, 1.807) is 6.08 Å². The van der Waals surface area contributed by atoms with Gasteiger partial charge in [0.1, 0.15) is 0 Å². The van der Waals surface area contributed by atoms with E-state index in [1.165, 1.54) is 0 Å². The van der Waals surface area contributed by atoms with E-state index >= 15 is 0 Å². The molecule has 10 heavy (non-hydrogen) atoms. The number of alkyl halides is 3. The van der Waals surface area contributed by atoms with Crippen LogP contribution in [0, 0.1) is 0 Å². The molecule has 0 atom stereocenters. The first-order chi connectivity index (χ1) is 4.56. The molecule has 0 radical (unpaired) electrons. The summed E-state index contributed by atoms with van der Waals surface area (Å²) in [5, 5.41) is 0. The van der Waals surface area contributed by atoms with E-state index in [2.05, 4.69) is 11.3 Å². The Labute approximate surface area is 57.5 Å². The van der Waals surface area contributed by atoms with Crippen molar-refractivity contribution in [2.75, 3.05) is 6.61 Å². The lowest BCUT2D eigenvalue weighted by atomic mass is 10.3. The van der Waals surface area contributed by atoms with Crippen LogP contribution in [0.3, 0.4) is 0 Å². The maximum Gasteiger partial charge on any atom is 0.522 e. The molecule has 0 saturated carbocycles. The normalized spacial score (nSPS) is 11.5. The largest absolute Gasteiger partial charge is 0.522 e. The third-order valence-electron chi connectivity index (χ3n) is 0.818. The Hall–Kier alpha value is -0.510. The first kappa shape index (κ1) is 9.49. The second kappa shape index (κ2) is 4.33.